The Labute approximate surface area is 203 Å². The molecule has 3 aromatic carbocycles. The fraction of sp³-hybridized carbons (Fsp3) is 0.111. The highest BCUT2D eigenvalue weighted by Gasteiger charge is 2.15. The third-order valence-corrected chi connectivity index (χ3v) is 7.48. The summed E-state index contributed by atoms with van der Waals surface area (Å²) in [5.41, 5.74) is 3.89. The van der Waals surface area contributed by atoms with Crippen molar-refractivity contribution in [2.45, 2.75) is 18.2 Å². The molecule has 5 rings (SSSR count). The summed E-state index contributed by atoms with van der Waals surface area (Å²) >= 11 is 0. The molecule has 7 nitrogen and oxygen atoms in total. The Hall–Kier alpha value is -4.17. The zero-order valence-corrected chi connectivity index (χ0v) is 19.8. The molecule has 0 amide bonds. The van der Waals surface area contributed by atoms with Crippen LogP contribution in [-0.4, -0.2) is 34.2 Å². The molecule has 0 unspecified atom stereocenters. The lowest BCUT2D eigenvalue weighted by Crippen LogP contribution is -2.03. The van der Waals surface area contributed by atoms with E-state index in [4.69, 9.17) is 9.72 Å². The van der Waals surface area contributed by atoms with Crippen LogP contribution in [-0.2, 0) is 16.3 Å². The Morgan fingerprint density at radius 2 is 1.69 bits per heavy atom. The average Bonchev–Trinajstić information content (AvgIpc) is 3.31. The summed E-state index contributed by atoms with van der Waals surface area (Å²) in [6.45, 7) is 1.62. The second kappa shape index (κ2) is 9.23. The number of hydrogen-bond acceptors (Lipinski definition) is 6. The molecular weight excluding hydrogens is 462 g/mol. The second-order valence-electron chi connectivity index (χ2n) is 8.06. The number of nitrogens with zero attached hydrogens (tertiary/aromatic N) is 2. The van der Waals surface area contributed by atoms with Gasteiger partial charge in [0, 0.05) is 18.7 Å². The number of aromatic amines is 1. The minimum Gasteiger partial charge on any atom is -0.508 e. The van der Waals surface area contributed by atoms with Gasteiger partial charge in [-0.3, -0.25) is 4.98 Å². The van der Waals surface area contributed by atoms with E-state index in [2.05, 4.69) is 9.97 Å². The number of ether oxygens (including phenoxy) is 1. The van der Waals surface area contributed by atoms with E-state index in [9.17, 15) is 13.5 Å². The van der Waals surface area contributed by atoms with Gasteiger partial charge in [0.2, 0.25) is 0 Å². The summed E-state index contributed by atoms with van der Waals surface area (Å²) in [5.74, 6) is 1.94. The number of benzene rings is 3. The van der Waals surface area contributed by atoms with Gasteiger partial charge in [-0.2, -0.15) is 0 Å². The molecule has 0 aliphatic heterocycles. The fourth-order valence-electron chi connectivity index (χ4n) is 3.86. The van der Waals surface area contributed by atoms with Crippen molar-refractivity contribution in [3.8, 4) is 28.8 Å². The lowest BCUT2D eigenvalue weighted by molar-refractivity contribution is 0.469. The molecule has 35 heavy (non-hydrogen) atoms. The molecule has 2 aromatic heterocycles. The number of pyridine rings is 1. The van der Waals surface area contributed by atoms with E-state index in [0.29, 0.717) is 35.0 Å². The molecule has 2 N–H and O–H groups in total. The summed E-state index contributed by atoms with van der Waals surface area (Å²) in [4.78, 5) is 12.7. The number of imidazole rings is 1. The minimum absolute atomic E-state index is 0.0390. The van der Waals surface area contributed by atoms with Gasteiger partial charge >= 0.3 is 0 Å². The van der Waals surface area contributed by atoms with Gasteiger partial charge < -0.3 is 14.8 Å². The van der Waals surface area contributed by atoms with Crippen molar-refractivity contribution in [3.05, 3.63) is 96.2 Å². The number of phenolic OH excluding ortho intramolecular Hbond substituents is 1. The number of aromatic hydroxyl groups is 1. The number of nitrogens with one attached hydrogen (secondary N) is 1. The monoisotopic (exact) mass is 485 g/mol. The highest BCUT2D eigenvalue weighted by Crippen LogP contribution is 2.32. The van der Waals surface area contributed by atoms with E-state index >= 15 is 0 Å². The van der Waals surface area contributed by atoms with Crippen LogP contribution in [0.25, 0.3) is 22.6 Å². The molecule has 0 fully saturated rings. The third kappa shape index (κ3) is 4.74. The predicted molar refractivity (Wildman–Crippen MR) is 134 cm³/mol. The molecule has 0 aliphatic carbocycles. The zero-order chi connectivity index (χ0) is 24.4. The molecule has 2 heterocycles. The maximum absolute atomic E-state index is 12.1. The van der Waals surface area contributed by atoms with E-state index in [0.717, 1.165) is 16.6 Å². The van der Waals surface area contributed by atoms with Crippen molar-refractivity contribution in [1.82, 2.24) is 15.0 Å². The van der Waals surface area contributed by atoms with Crippen LogP contribution in [0, 0.1) is 0 Å². The Morgan fingerprint density at radius 3 is 2.40 bits per heavy atom. The van der Waals surface area contributed by atoms with Crippen LogP contribution < -0.4 is 4.74 Å². The third-order valence-electron chi connectivity index (χ3n) is 5.73. The lowest BCUT2D eigenvalue weighted by Gasteiger charge is -2.11. The van der Waals surface area contributed by atoms with Crippen molar-refractivity contribution in [1.29, 1.82) is 0 Å². The Bertz CT molecular complexity index is 1600. The van der Waals surface area contributed by atoms with E-state index in [1.807, 2.05) is 42.5 Å². The van der Waals surface area contributed by atoms with Gasteiger partial charge in [0.1, 0.15) is 22.9 Å². The number of H-pyrrole nitrogens is 1. The van der Waals surface area contributed by atoms with E-state index in [-0.39, 0.29) is 16.4 Å². The Balaban J connectivity index is 1.55. The SMILES string of the molecule is CCS(=O)(=O)c1ccc(Oc2cc(Cc3ccccc3O)c3[nH]c(-c4ccccn4)nc3c2)cc1. The molecule has 0 saturated carbocycles. The molecule has 8 heteroatoms. The summed E-state index contributed by atoms with van der Waals surface area (Å²) in [7, 11) is -3.28. The molecule has 176 valence electrons. The van der Waals surface area contributed by atoms with Gasteiger partial charge in [0.25, 0.3) is 0 Å². The standard InChI is InChI=1S/C27H23N3O4S/c1-2-35(32,33)22-12-10-20(11-13-22)34-21-16-19(15-18-7-3-4-9-25(18)31)26-24(17-21)29-27(30-26)23-8-5-6-14-28-23/h3-14,16-17,31H,2,15H2,1H3,(H,29,30). The highest BCUT2D eigenvalue weighted by molar-refractivity contribution is 7.91. The van der Waals surface area contributed by atoms with Gasteiger partial charge in [0.05, 0.1) is 21.7 Å². The highest BCUT2D eigenvalue weighted by atomic mass is 32.2. The van der Waals surface area contributed by atoms with Crippen LogP contribution in [0.4, 0.5) is 0 Å². The molecule has 0 aliphatic rings. The van der Waals surface area contributed by atoms with Gasteiger partial charge in [-0.1, -0.05) is 31.2 Å². The van der Waals surface area contributed by atoms with Crippen molar-refractivity contribution in [2.75, 3.05) is 5.75 Å². The smallest absolute Gasteiger partial charge is 0.178 e. The van der Waals surface area contributed by atoms with Crippen molar-refractivity contribution >= 4 is 20.9 Å². The number of para-hydroxylation sites is 1. The lowest BCUT2D eigenvalue weighted by atomic mass is 10.0. The summed E-state index contributed by atoms with van der Waals surface area (Å²) in [6.07, 6.45) is 2.17. The average molecular weight is 486 g/mol. The molecule has 5 aromatic rings. The molecule has 0 atom stereocenters. The number of fused-ring (bicyclic) bond motifs is 1. The van der Waals surface area contributed by atoms with E-state index < -0.39 is 9.84 Å². The van der Waals surface area contributed by atoms with Gasteiger partial charge in [-0.05, 0) is 59.7 Å². The maximum atomic E-state index is 12.1. The maximum Gasteiger partial charge on any atom is 0.178 e. The predicted octanol–water partition coefficient (Wildman–Crippen LogP) is 5.51. The first-order chi connectivity index (χ1) is 16.9. The van der Waals surface area contributed by atoms with Crippen molar-refractivity contribution in [2.24, 2.45) is 0 Å². The van der Waals surface area contributed by atoms with Crippen LogP contribution in [0.1, 0.15) is 18.1 Å². The Morgan fingerprint density at radius 1 is 0.914 bits per heavy atom. The number of rotatable bonds is 7. The first kappa shape index (κ1) is 22.6. The number of sulfone groups is 1. The first-order valence-corrected chi connectivity index (χ1v) is 12.8. The molecule has 0 spiro atoms. The summed E-state index contributed by atoms with van der Waals surface area (Å²) < 4.78 is 30.3. The van der Waals surface area contributed by atoms with E-state index in [1.54, 1.807) is 49.5 Å². The fourth-order valence-corrected chi connectivity index (χ4v) is 4.75. The quantitative estimate of drug-likeness (QED) is 0.315. The topological polar surface area (TPSA) is 105 Å². The van der Waals surface area contributed by atoms with E-state index in [1.165, 1.54) is 0 Å². The normalized spacial score (nSPS) is 11.6. The molecular formula is C27H23N3O4S. The van der Waals surface area contributed by atoms with Crippen LogP contribution in [0.2, 0.25) is 0 Å². The minimum atomic E-state index is -3.28. The van der Waals surface area contributed by atoms with Crippen LogP contribution in [0.5, 0.6) is 17.2 Å². The Kier molecular flexibility index (Phi) is 5.96. The van der Waals surface area contributed by atoms with Gasteiger partial charge in [-0.15, -0.1) is 0 Å². The van der Waals surface area contributed by atoms with Gasteiger partial charge in [0.15, 0.2) is 15.7 Å². The number of hydrogen-bond donors (Lipinski definition) is 2. The van der Waals surface area contributed by atoms with Crippen LogP contribution in [0.3, 0.4) is 0 Å². The number of aromatic nitrogens is 3. The summed E-state index contributed by atoms with van der Waals surface area (Å²) in [6, 6.07) is 22.9. The largest absolute Gasteiger partial charge is 0.508 e. The van der Waals surface area contributed by atoms with Crippen LogP contribution in [0.15, 0.2) is 90.0 Å². The summed E-state index contributed by atoms with van der Waals surface area (Å²) in [5, 5.41) is 10.3. The number of phenols is 1. The van der Waals surface area contributed by atoms with Crippen LogP contribution >= 0.6 is 0 Å². The molecule has 0 saturated heterocycles. The zero-order valence-electron chi connectivity index (χ0n) is 19.0. The molecule has 0 radical (unpaired) electrons. The second-order valence-corrected chi connectivity index (χ2v) is 10.3. The van der Waals surface area contributed by atoms with Gasteiger partial charge in [-0.25, -0.2) is 13.4 Å². The van der Waals surface area contributed by atoms with Crippen molar-refractivity contribution < 1.29 is 18.3 Å². The molecule has 0 bridgehead atoms. The first-order valence-electron chi connectivity index (χ1n) is 11.1. The van der Waals surface area contributed by atoms with Crippen molar-refractivity contribution in [3.63, 3.8) is 0 Å².